The Kier molecular flexibility index (Phi) is 6.64. The summed E-state index contributed by atoms with van der Waals surface area (Å²) < 4.78 is 5.22. The number of carbonyl (C=O) groups is 2. The molecule has 2 N–H and O–H groups in total. The van der Waals surface area contributed by atoms with Crippen LogP contribution in [-0.4, -0.2) is 37.0 Å². The van der Waals surface area contributed by atoms with Crippen molar-refractivity contribution < 1.29 is 14.3 Å². The van der Waals surface area contributed by atoms with Crippen LogP contribution < -0.4 is 15.4 Å². The first-order valence-corrected chi connectivity index (χ1v) is 10.0. The summed E-state index contributed by atoms with van der Waals surface area (Å²) in [7, 11) is 1.61. The molecule has 0 aliphatic carbocycles. The molecule has 1 saturated heterocycles. The molecule has 0 unspecified atom stereocenters. The van der Waals surface area contributed by atoms with Gasteiger partial charge in [-0.25, -0.2) is 4.79 Å². The third kappa shape index (κ3) is 5.41. The third-order valence-corrected chi connectivity index (χ3v) is 5.43. The highest BCUT2D eigenvalue weighted by Crippen LogP contribution is 2.30. The van der Waals surface area contributed by atoms with Gasteiger partial charge < -0.3 is 20.3 Å². The molecule has 0 spiro atoms. The molecule has 7 heteroatoms. The summed E-state index contributed by atoms with van der Waals surface area (Å²) >= 11 is 5.98. The number of anilines is 1. The Morgan fingerprint density at radius 3 is 2.76 bits per heavy atom. The van der Waals surface area contributed by atoms with Gasteiger partial charge in [0, 0.05) is 30.3 Å². The van der Waals surface area contributed by atoms with Crippen LogP contribution in [0.4, 0.5) is 10.5 Å². The standard InChI is InChI=1S/C22H26ClN3O3/c1-22(20(27)24-14-16-6-3-9-19(12-16)29-2)10-5-11-26(15-22)21(28)25-18-8-4-7-17(23)13-18/h3-4,6-9,12-13H,5,10-11,14-15H2,1-2H3,(H,24,27)(H,25,28)/t22-/m0/s1. The van der Waals surface area contributed by atoms with Gasteiger partial charge in [-0.2, -0.15) is 0 Å². The molecule has 3 amide bonds. The lowest BCUT2D eigenvalue weighted by molar-refractivity contribution is -0.132. The Balaban J connectivity index is 1.59. The topological polar surface area (TPSA) is 70.7 Å². The maximum Gasteiger partial charge on any atom is 0.321 e. The molecule has 0 bridgehead atoms. The number of ether oxygens (including phenoxy) is 1. The molecule has 1 atom stereocenters. The first kappa shape index (κ1) is 21.0. The van der Waals surface area contributed by atoms with Crippen molar-refractivity contribution in [2.24, 2.45) is 5.41 Å². The van der Waals surface area contributed by atoms with Gasteiger partial charge in [0.05, 0.1) is 12.5 Å². The zero-order chi connectivity index (χ0) is 20.9. The maximum absolute atomic E-state index is 12.9. The van der Waals surface area contributed by atoms with Gasteiger partial charge in [-0.3, -0.25) is 4.79 Å². The average Bonchev–Trinajstić information content (AvgIpc) is 2.72. The number of likely N-dealkylation sites (tertiary alicyclic amines) is 1. The molecular formula is C22H26ClN3O3. The van der Waals surface area contributed by atoms with Gasteiger partial charge in [-0.15, -0.1) is 0 Å². The van der Waals surface area contributed by atoms with Crippen LogP contribution in [0.2, 0.25) is 5.02 Å². The van der Waals surface area contributed by atoms with E-state index in [0.717, 1.165) is 24.2 Å². The fraction of sp³-hybridized carbons (Fsp3) is 0.364. The van der Waals surface area contributed by atoms with Gasteiger partial charge in [-0.05, 0) is 55.7 Å². The summed E-state index contributed by atoms with van der Waals surface area (Å²) in [5.41, 5.74) is 0.966. The molecule has 6 nitrogen and oxygen atoms in total. The summed E-state index contributed by atoms with van der Waals surface area (Å²) in [6.45, 7) is 3.31. The van der Waals surface area contributed by atoms with Crippen molar-refractivity contribution in [3.05, 3.63) is 59.1 Å². The zero-order valence-electron chi connectivity index (χ0n) is 16.7. The Morgan fingerprint density at radius 2 is 2.00 bits per heavy atom. The summed E-state index contributed by atoms with van der Waals surface area (Å²) in [6, 6.07) is 14.4. The lowest BCUT2D eigenvalue weighted by Gasteiger charge is -2.39. The van der Waals surface area contributed by atoms with E-state index in [2.05, 4.69) is 10.6 Å². The molecule has 0 radical (unpaired) electrons. The first-order chi connectivity index (χ1) is 13.9. The number of nitrogens with zero attached hydrogens (tertiary/aromatic N) is 1. The molecule has 0 saturated carbocycles. The Bertz CT molecular complexity index is 889. The van der Waals surface area contributed by atoms with Gasteiger partial charge in [0.25, 0.3) is 0 Å². The van der Waals surface area contributed by atoms with E-state index in [1.54, 1.807) is 36.3 Å². The normalized spacial score (nSPS) is 18.8. The molecule has 154 valence electrons. The van der Waals surface area contributed by atoms with Gasteiger partial charge in [0.2, 0.25) is 5.91 Å². The van der Waals surface area contributed by atoms with Crippen molar-refractivity contribution >= 4 is 29.2 Å². The van der Waals surface area contributed by atoms with Crippen molar-refractivity contribution in [3.8, 4) is 5.75 Å². The second-order valence-electron chi connectivity index (χ2n) is 7.56. The second-order valence-corrected chi connectivity index (χ2v) is 8.00. The number of halogens is 1. The van der Waals surface area contributed by atoms with Gasteiger partial charge in [0.1, 0.15) is 5.75 Å². The molecule has 1 aliphatic heterocycles. The quantitative estimate of drug-likeness (QED) is 0.764. The van der Waals surface area contributed by atoms with Crippen molar-refractivity contribution in [1.29, 1.82) is 0 Å². The maximum atomic E-state index is 12.9. The van der Waals surface area contributed by atoms with Crippen molar-refractivity contribution in [2.45, 2.75) is 26.3 Å². The number of methoxy groups -OCH3 is 1. The van der Waals surface area contributed by atoms with E-state index in [1.807, 2.05) is 31.2 Å². The Morgan fingerprint density at radius 1 is 1.21 bits per heavy atom. The number of carbonyl (C=O) groups excluding carboxylic acids is 2. The van der Waals surface area contributed by atoms with Crippen LogP contribution in [0.15, 0.2) is 48.5 Å². The van der Waals surface area contributed by atoms with Gasteiger partial charge in [0.15, 0.2) is 0 Å². The van der Waals surface area contributed by atoms with Crippen LogP contribution in [0.25, 0.3) is 0 Å². The van der Waals surface area contributed by atoms with E-state index >= 15 is 0 Å². The molecule has 0 aromatic heterocycles. The summed E-state index contributed by atoms with van der Waals surface area (Å²) in [5.74, 6) is 0.699. The van der Waals surface area contributed by atoms with E-state index in [1.165, 1.54) is 0 Å². The predicted molar refractivity (Wildman–Crippen MR) is 114 cm³/mol. The molecule has 2 aromatic rings. The second kappa shape index (κ2) is 9.18. The highest BCUT2D eigenvalue weighted by atomic mass is 35.5. The predicted octanol–water partition coefficient (Wildman–Crippen LogP) is 4.30. The average molecular weight is 416 g/mol. The number of hydrogen-bond donors (Lipinski definition) is 2. The highest BCUT2D eigenvalue weighted by molar-refractivity contribution is 6.30. The van der Waals surface area contributed by atoms with Crippen LogP contribution >= 0.6 is 11.6 Å². The van der Waals surface area contributed by atoms with Crippen molar-refractivity contribution in [1.82, 2.24) is 10.2 Å². The highest BCUT2D eigenvalue weighted by Gasteiger charge is 2.39. The molecule has 3 rings (SSSR count). The van der Waals surface area contributed by atoms with Crippen LogP contribution in [0.1, 0.15) is 25.3 Å². The number of piperidine rings is 1. The fourth-order valence-corrected chi connectivity index (χ4v) is 3.74. The minimum Gasteiger partial charge on any atom is -0.497 e. The number of urea groups is 1. The van der Waals surface area contributed by atoms with Gasteiger partial charge in [-0.1, -0.05) is 29.8 Å². The number of hydrogen-bond acceptors (Lipinski definition) is 3. The summed E-state index contributed by atoms with van der Waals surface area (Å²) in [4.78, 5) is 27.3. The van der Waals surface area contributed by atoms with Crippen LogP contribution in [0.5, 0.6) is 5.75 Å². The third-order valence-electron chi connectivity index (χ3n) is 5.19. The fourth-order valence-electron chi connectivity index (χ4n) is 3.55. The summed E-state index contributed by atoms with van der Waals surface area (Å²) in [5, 5.41) is 6.42. The largest absolute Gasteiger partial charge is 0.497 e. The van der Waals surface area contributed by atoms with E-state index < -0.39 is 5.41 Å². The Labute approximate surface area is 176 Å². The minimum atomic E-state index is -0.636. The van der Waals surface area contributed by atoms with Crippen molar-refractivity contribution in [3.63, 3.8) is 0 Å². The molecule has 29 heavy (non-hydrogen) atoms. The van der Waals surface area contributed by atoms with Crippen LogP contribution in [0, 0.1) is 5.41 Å². The number of rotatable bonds is 5. The number of nitrogens with one attached hydrogen (secondary N) is 2. The Hall–Kier alpha value is -2.73. The van der Waals surface area contributed by atoms with E-state index in [9.17, 15) is 9.59 Å². The summed E-state index contributed by atoms with van der Waals surface area (Å²) in [6.07, 6.45) is 1.50. The monoisotopic (exact) mass is 415 g/mol. The lowest BCUT2D eigenvalue weighted by Crippen LogP contribution is -2.52. The number of amides is 3. The van der Waals surface area contributed by atoms with Crippen molar-refractivity contribution in [2.75, 3.05) is 25.5 Å². The van der Waals surface area contributed by atoms with Gasteiger partial charge >= 0.3 is 6.03 Å². The van der Waals surface area contributed by atoms with Crippen LogP contribution in [0.3, 0.4) is 0 Å². The SMILES string of the molecule is COc1cccc(CNC(=O)[C@@]2(C)CCCN(C(=O)Nc3cccc(Cl)c3)C2)c1. The molecule has 1 aliphatic rings. The minimum absolute atomic E-state index is 0.0550. The van der Waals surface area contributed by atoms with E-state index in [-0.39, 0.29) is 11.9 Å². The molecule has 1 fully saturated rings. The van der Waals surface area contributed by atoms with E-state index in [4.69, 9.17) is 16.3 Å². The molecule has 2 aromatic carbocycles. The zero-order valence-corrected chi connectivity index (χ0v) is 17.5. The molecular weight excluding hydrogens is 390 g/mol. The lowest BCUT2D eigenvalue weighted by atomic mass is 9.81. The smallest absolute Gasteiger partial charge is 0.321 e. The van der Waals surface area contributed by atoms with Crippen LogP contribution in [-0.2, 0) is 11.3 Å². The number of benzene rings is 2. The first-order valence-electron chi connectivity index (χ1n) is 9.62. The van der Waals surface area contributed by atoms with E-state index in [0.29, 0.717) is 30.3 Å². The molecule has 1 heterocycles.